The molecule has 0 spiro atoms. The Hall–Kier alpha value is -1.35. The third-order valence-corrected chi connectivity index (χ3v) is 3.22. The van der Waals surface area contributed by atoms with Gasteiger partial charge >= 0.3 is 5.97 Å². The van der Waals surface area contributed by atoms with Gasteiger partial charge in [-0.05, 0) is 38.8 Å². The average molecular weight is 249 g/mol. The number of nitrogens with zero attached hydrogens (tertiary/aromatic N) is 1. The molecule has 1 aromatic carbocycles. The van der Waals surface area contributed by atoms with Gasteiger partial charge in [-0.1, -0.05) is 23.8 Å². The first-order valence-corrected chi connectivity index (χ1v) is 6.42. The third-order valence-electron chi connectivity index (χ3n) is 3.22. The van der Waals surface area contributed by atoms with Crippen LogP contribution in [0.3, 0.4) is 0 Å². The molecule has 1 aromatic rings. The number of benzene rings is 1. The Morgan fingerprint density at radius 1 is 1.33 bits per heavy atom. The highest BCUT2D eigenvalue weighted by Gasteiger charge is 2.13. The van der Waals surface area contributed by atoms with E-state index in [2.05, 4.69) is 50.8 Å². The lowest BCUT2D eigenvalue weighted by Gasteiger charge is -2.26. The van der Waals surface area contributed by atoms with Gasteiger partial charge in [-0.15, -0.1) is 0 Å². The summed E-state index contributed by atoms with van der Waals surface area (Å²) in [5.74, 6) is -0.735. The summed E-state index contributed by atoms with van der Waals surface area (Å²) in [6.45, 7) is 9.81. The highest BCUT2D eigenvalue weighted by molar-refractivity contribution is 5.66. The fourth-order valence-electron chi connectivity index (χ4n) is 1.95. The zero-order chi connectivity index (χ0) is 13.7. The van der Waals surface area contributed by atoms with E-state index in [4.69, 9.17) is 5.11 Å². The van der Waals surface area contributed by atoms with Crippen molar-refractivity contribution in [2.24, 2.45) is 0 Å². The maximum atomic E-state index is 10.7. The van der Waals surface area contributed by atoms with Crippen molar-refractivity contribution < 1.29 is 9.90 Å². The maximum absolute atomic E-state index is 10.7. The molecule has 18 heavy (non-hydrogen) atoms. The minimum atomic E-state index is -0.735. The number of aliphatic carboxylic acids is 1. The second kappa shape index (κ2) is 6.55. The first-order valence-electron chi connectivity index (χ1n) is 6.42. The Morgan fingerprint density at radius 3 is 2.56 bits per heavy atom. The summed E-state index contributed by atoms with van der Waals surface area (Å²) in [5, 5.41) is 8.78. The van der Waals surface area contributed by atoms with E-state index in [1.165, 1.54) is 16.7 Å². The highest BCUT2D eigenvalue weighted by atomic mass is 16.4. The van der Waals surface area contributed by atoms with E-state index in [0.717, 1.165) is 6.54 Å². The number of hydrogen-bond donors (Lipinski definition) is 1. The van der Waals surface area contributed by atoms with Crippen LogP contribution >= 0.6 is 0 Å². The molecule has 0 atom stereocenters. The molecule has 0 aliphatic carbocycles. The van der Waals surface area contributed by atoms with Crippen molar-refractivity contribution in [3.05, 3.63) is 34.9 Å². The zero-order valence-electron chi connectivity index (χ0n) is 11.7. The van der Waals surface area contributed by atoms with E-state index < -0.39 is 5.97 Å². The second-order valence-electron chi connectivity index (χ2n) is 5.14. The molecule has 0 fully saturated rings. The normalized spacial score (nSPS) is 11.2. The summed E-state index contributed by atoms with van der Waals surface area (Å²) >= 11 is 0. The van der Waals surface area contributed by atoms with Crippen LogP contribution in [0.15, 0.2) is 18.2 Å². The highest BCUT2D eigenvalue weighted by Crippen LogP contribution is 2.15. The van der Waals surface area contributed by atoms with Crippen LogP contribution in [-0.2, 0) is 11.3 Å². The van der Waals surface area contributed by atoms with Crippen LogP contribution in [0.5, 0.6) is 0 Å². The Labute approximate surface area is 109 Å². The van der Waals surface area contributed by atoms with E-state index >= 15 is 0 Å². The zero-order valence-corrected chi connectivity index (χ0v) is 11.7. The van der Waals surface area contributed by atoms with Crippen molar-refractivity contribution in [2.45, 2.75) is 46.7 Å². The standard InChI is InChI=1S/C15H23NO2/c1-11(2)16(8-7-15(17)18)10-14-9-12(3)5-6-13(14)4/h5-6,9,11H,7-8,10H2,1-4H3,(H,17,18). The Bertz CT molecular complexity index is 413. The monoisotopic (exact) mass is 249 g/mol. The first kappa shape index (κ1) is 14.7. The van der Waals surface area contributed by atoms with E-state index in [0.29, 0.717) is 12.6 Å². The van der Waals surface area contributed by atoms with E-state index in [1.807, 2.05) is 0 Å². The van der Waals surface area contributed by atoms with Gasteiger partial charge in [-0.3, -0.25) is 9.69 Å². The molecule has 0 saturated carbocycles. The van der Waals surface area contributed by atoms with Crippen molar-refractivity contribution in [2.75, 3.05) is 6.54 Å². The fourth-order valence-corrected chi connectivity index (χ4v) is 1.95. The molecule has 100 valence electrons. The smallest absolute Gasteiger partial charge is 0.304 e. The molecule has 3 heteroatoms. The van der Waals surface area contributed by atoms with Gasteiger partial charge < -0.3 is 5.11 Å². The first-order chi connectivity index (χ1) is 8.40. The van der Waals surface area contributed by atoms with Crippen molar-refractivity contribution in [1.82, 2.24) is 4.90 Å². The van der Waals surface area contributed by atoms with Gasteiger partial charge in [0.05, 0.1) is 6.42 Å². The van der Waals surface area contributed by atoms with E-state index in [9.17, 15) is 4.79 Å². The molecule has 0 aromatic heterocycles. The van der Waals surface area contributed by atoms with Gasteiger partial charge in [0.25, 0.3) is 0 Å². The predicted molar refractivity (Wildman–Crippen MR) is 73.7 cm³/mol. The Morgan fingerprint density at radius 2 is 2.00 bits per heavy atom. The van der Waals surface area contributed by atoms with Gasteiger partial charge in [0.15, 0.2) is 0 Å². The molecule has 3 nitrogen and oxygen atoms in total. The van der Waals surface area contributed by atoms with Crippen LogP contribution in [0.4, 0.5) is 0 Å². The fraction of sp³-hybridized carbons (Fsp3) is 0.533. The molecule has 0 bridgehead atoms. The molecule has 0 aliphatic rings. The summed E-state index contributed by atoms with van der Waals surface area (Å²) < 4.78 is 0. The van der Waals surface area contributed by atoms with Gasteiger partial charge in [-0.2, -0.15) is 0 Å². The van der Waals surface area contributed by atoms with Gasteiger partial charge in [0.2, 0.25) is 0 Å². The number of carbonyl (C=O) groups is 1. The van der Waals surface area contributed by atoms with Crippen LogP contribution in [0.2, 0.25) is 0 Å². The molecule has 1 N–H and O–H groups in total. The molecular weight excluding hydrogens is 226 g/mol. The summed E-state index contributed by atoms with van der Waals surface area (Å²) in [4.78, 5) is 12.9. The van der Waals surface area contributed by atoms with Crippen LogP contribution in [0.1, 0.15) is 37.0 Å². The quantitative estimate of drug-likeness (QED) is 0.842. The number of carboxylic acids is 1. The van der Waals surface area contributed by atoms with Crippen LogP contribution in [0, 0.1) is 13.8 Å². The number of rotatable bonds is 6. The van der Waals surface area contributed by atoms with E-state index in [-0.39, 0.29) is 6.42 Å². The van der Waals surface area contributed by atoms with E-state index in [1.54, 1.807) is 0 Å². The van der Waals surface area contributed by atoms with Gasteiger partial charge in [0.1, 0.15) is 0 Å². The van der Waals surface area contributed by atoms with Crippen LogP contribution < -0.4 is 0 Å². The molecule has 0 heterocycles. The van der Waals surface area contributed by atoms with Crippen molar-refractivity contribution in [3.8, 4) is 0 Å². The van der Waals surface area contributed by atoms with Gasteiger partial charge in [-0.25, -0.2) is 0 Å². The summed E-state index contributed by atoms with van der Waals surface area (Å²) in [7, 11) is 0. The minimum absolute atomic E-state index is 0.197. The summed E-state index contributed by atoms with van der Waals surface area (Å²) in [6.07, 6.45) is 0.197. The second-order valence-corrected chi connectivity index (χ2v) is 5.14. The SMILES string of the molecule is Cc1ccc(C)c(CN(CCC(=O)O)C(C)C)c1. The van der Waals surface area contributed by atoms with Crippen LogP contribution in [0.25, 0.3) is 0 Å². The topological polar surface area (TPSA) is 40.5 Å². The molecule has 0 amide bonds. The minimum Gasteiger partial charge on any atom is -0.481 e. The lowest BCUT2D eigenvalue weighted by atomic mass is 10.0. The molecule has 1 rings (SSSR count). The van der Waals surface area contributed by atoms with Crippen molar-refractivity contribution >= 4 is 5.97 Å². The Kier molecular flexibility index (Phi) is 5.35. The molecule has 0 unspecified atom stereocenters. The largest absolute Gasteiger partial charge is 0.481 e. The maximum Gasteiger partial charge on any atom is 0.304 e. The molecule has 0 aliphatic heterocycles. The predicted octanol–water partition coefficient (Wildman–Crippen LogP) is 2.99. The average Bonchev–Trinajstić information content (AvgIpc) is 2.28. The molecular formula is C15H23NO2. The molecule has 0 saturated heterocycles. The number of carboxylic acid groups (broad SMARTS) is 1. The van der Waals surface area contributed by atoms with Crippen molar-refractivity contribution in [3.63, 3.8) is 0 Å². The van der Waals surface area contributed by atoms with Gasteiger partial charge in [0, 0.05) is 19.1 Å². The van der Waals surface area contributed by atoms with Crippen LogP contribution in [-0.4, -0.2) is 28.6 Å². The lowest BCUT2D eigenvalue weighted by molar-refractivity contribution is -0.137. The molecule has 0 radical (unpaired) electrons. The summed E-state index contributed by atoms with van der Waals surface area (Å²) in [5.41, 5.74) is 3.80. The summed E-state index contributed by atoms with van der Waals surface area (Å²) in [6, 6.07) is 6.77. The number of aryl methyl sites for hydroxylation is 2. The Balaban J connectivity index is 2.76. The third kappa shape index (κ3) is 4.49. The lowest BCUT2D eigenvalue weighted by Crippen LogP contribution is -2.32. The number of hydrogen-bond acceptors (Lipinski definition) is 2. The van der Waals surface area contributed by atoms with Crippen molar-refractivity contribution in [1.29, 1.82) is 0 Å².